The lowest BCUT2D eigenvalue weighted by atomic mass is 9.70. The molecule has 1 fully saturated rings. The van der Waals surface area contributed by atoms with Crippen LogP contribution in [0, 0.1) is 5.92 Å². The third kappa shape index (κ3) is 2.87. The lowest BCUT2D eigenvalue weighted by Gasteiger charge is -2.44. The van der Waals surface area contributed by atoms with Gasteiger partial charge in [0.05, 0.1) is 0 Å². The third-order valence-electron chi connectivity index (χ3n) is 2.91. The van der Waals surface area contributed by atoms with E-state index < -0.39 is 0 Å². The van der Waals surface area contributed by atoms with Gasteiger partial charge >= 0.3 is 0 Å². The van der Waals surface area contributed by atoms with E-state index in [9.17, 15) is 4.79 Å². The predicted octanol–water partition coefficient (Wildman–Crippen LogP) is 2.70. The SMILES string of the molecule is CC1CC(C)(NC(=O)c2cc(Cl)nc(Cl)n2)C1. The molecule has 0 aliphatic heterocycles. The molecular weight excluding hydrogens is 261 g/mol. The zero-order chi connectivity index (χ0) is 12.6. The number of carbonyl (C=O) groups is 1. The molecule has 0 bridgehead atoms. The van der Waals surface area contributed by atoms with Crippen LogP contribution in [0.1, 0.15) is 37.2 Å². The fraction of sp³-hybridized carbons (Fsp3) is 0.545. The van der Waals surface area contributed by atoms with Crippen LogP contribution in [0.25, 0.3) is 0 Å². The van der Waals surface area contributed by atoms with Gasteiger partial charge in [-0.05, 0) is 37.3 Å². The summed E-state index contributed by atoms with van der Waals surface area (Å²) in [6, 6.07) is 1.41. The van der Waals surface area contributed by atoms with Crippen LogP contribution in [0.2, 0.25) is 10.4 Å². The van der Waals surface area contributed by atoms with Crippen molar-refractivity contribution in [3.05, 3.63) is 22.2 Å². The second-order valence-electron chi connectivity index (χ2n) is 4.87. The van der Waals surface area contributed by atoms with Crippen LogP contribution < -0.4 is 5.32 Å². The van der Waals surface area contributed by atoms with Crippen LogP contribution in [0.4, 0.5) is 0 Å². The average molecular weight is 274 g/mol. The van der Waals surface area contributed by atoms with Crippen LogP contribution in [0.3, 0.4) is 0 Å². The van der Waals surface area contributed by atoms with E-state index >= 15 is 0 Å². The van der Waals surface area contributed by atoms with Gasteiger partial charge in [0.25, 0.3) is 5.91 Å². The summed E-state index contributed by atoms with van der Waals surface area (Å²) in [5, 5.41) is 3.10. The Hall–Kier alpha value is -0.870. The fourth-order valence-electron chi connectivity index (χ4n) is 2.42. The Morgan fingerprint density at radius 2 is 2.12 bits per heavy atom. The number of nitrogens with zero attached hydrogens (tertiary/aromatic N) is 2. The molecule has 1 aromatic rings. The fourth-order valence-corrected chi connectivity index (χ4v) is 2.83. The molecule has 0 aromatic carbocycles. The summed E-state index contributed by atoms with van der Waals surface area (Å²) >= 11 is 11.4. The minimum absolute atomic E-state index is 0.0187. The van der Waals surface area contributed by atoms with Crippen molar-refractivity contribution in [2.45, 2.75) is 32.2 Å². The molecule has 6 heteroatoms. The minimum Gasteiger partial charge on any atom is -0.346 e. The molecule has 17 heavy (non-hydrogen) atoms. The monoisotopic (exact) mass is 273 g/mol. The standard InChI is InChI=1S/C11H13Cl2N3O/c1-6-4-11(2,5-6)16-9(17)7-3-8(12)15-10(13)14-7/h3,6H,4-5H2,1-2H3,(H,16,17). The van der Waals surface area contributed by atoms with Crippen molar-refractivity contribution >= 4 is 29.1 Å². The zero-order valence-electron chi connectivity index (χ0n) is 9.63. The maximum absolute atomic E-state index is 11.9. The van der Waals surface area contributed by atoms with Crippen molar-refractivity contribution in [1.82, 2.24) is 15.3 Å². The van der Waals surface area contributed by atoms with Crippen molar-refractivity contribution < 1.29 is 4.79 Å². The lowest BCUT2D eigenvalue weighted by molar-refractivity contribution is 0.0767. The number of rotatable bonds is 2. The number of aromatic nitrogens is 2. The molecule has 0 saturated heterocycles. The first-order valence-electron chi connectivity index (χ1n) is 5.40. The molecule has 1 aliphatic carbocycles. The van der Waals surface area contributed by atoms with Gasteiger partial charge < -0.3 is 5.32 Å². The van der Waals surface area contributed by atoms with E-state index in [0.29, 0.717) is 5.92 Å². The van der Waals surface area contributed by atoms with E-state index in [4.69, 9.17) is 23.2 Å². The van der Waals surface area contributed by atoms with E-state index in [1.165, 1.54) is 6.07 Å². The molecule has 1 N–H and O–H groups in total. The highest BCUT2D eigenvalue weighted by Gasteiger charge is 2.39. The summed E-state index contributed by atoms with van der Waals surface area (Å²) in [5.74, 6) is 0.392. The molecule has 1 amide bonds. The van der Waals surface area contributed by atoms with Crippen molar-refractivity contribution in [1.29, 1.82) is 0 Å². The van der Waals surface area contributed by atoms with E-state index in [1.54, 1.807) is 0 Å². The molecule has 1 aromatic heterocycles. The largest absolute Gasteiger partial charge is 0.346 e. The zero-order valence-corrected chi connectivity index (χ0v) is 11.1. The normalized spacial score (nSPS) is 27.4. The molecule has 1 aliphatic rings. The van der Waals surface area contributed by atoms with Gasteiger partial charge in [-0.1, -0.05) is 18.5 Å². The van der Waals surface area contributed by atoms with E-state index in [0.717, 1.165) is 12.8 Å². The number of nitrogens with one attached hydrogen (secondary N) is 1. The summed E-state index contributed by atoms with van der Waals surface area (Å²) in [4.78, 5) is 19.5. The minimum atomic E-state index is -0.259. The number of halogens is 2. The summed E-state index contributed by atoms with van der Waals surface area (Å²) in [6.07, 6.45) is 1.95. The molecule has 0 unspecified atom stereocenters. The van der Waals surface area contributed by atoms with Gasteiger partial charge in [-0.2, -0.15) is 0 Å². The first kappa shape index (κ1) is 12.6. The number of hydrogen-bond donors (Lipinski definition) is 1. The third-order valence-corrected chi connectivity index (χ3v) is 3.28. The summed E-state index contributed by atoms with van der Waals surface area (Å²) in [6.45, 7) is 4.18. The van der Waals surface area contributed by atoms with Crippen molar-refractivity contribution in [2.24, 2.45) is 5.92 Å². The molecule has 4 nitrogen and oxygen atoms in total. The van der Waals surface area contributed by atoms with Gasteiger partial charge in [0.15, 0.2) is 0 Å². The van der Waals surface area contributed by atoms with Crippen LogP contribution in [-0.2, 0) is 0 Å². The first-order chi connectivity index (χ1) is 7.88. The van der Waals surface area contributed by atoms with Crippen molar-refractivity contribution in [3.63, 3.8) is 0 Å². The summed E-state index contributed by atoms with van der Waals surface area (Å²) in [5.41, 5.74) is 0.0659. The summed E-state index contributed by atoms with van der Waals surface area (Å²) in [7, 11) is 0. The van der Waals surface area contributed by atoms with Gasteiger partial charge in [0, 0.05) is 11.6 Å². The Bertz CT molecular complexity index is 438. The van der Waals surface area contributed by atoms with Crippen LogP contribution in [0.5, 0.6) is 0 Å². The quantitative estimate of drug-likeness (QED) is 0.666. The number of carbonyl (C=O) groups excluding carboxylic acids is 1. The Kier molecular flexibility index (Phi) is 3.27. The Balaban J connectivity index is 2.10. The highest BCUT2D eigenvalue weighted by molar-refractivity contribution is 6.32. The summed E-state index contributed by atoms with van der Waals surface area (Å²) < 4.78 is 0. The lowest BCUT2D eigenvalue weighted by Crippen LogP contribution is -2.54. The molecule has 0 atom stereocenters. The second-order valence-corrected chi connectivity index (χ2v) is 5.60. The molecule has 92 valence electrons. The number of amides is 1. The molecule has 2 rings (SSSR count). The van der Waals surface area contributed by atoms with Gasteiger partial charge in [-0.3, -0.25) is 4.79 Å². The Labute approximate surface area is 110 Å². The Morgan fingerprint density at radius 3 is 2.65 bits per heavy atom. The second kappa shape index (κ2) is 4.42. The highest BCUT2D eigenvalue weighted by Crippen LogP contribution is 2.37. The van der Waals surface area contributed by atoms with Crippen LogP contribution in [0.15, 0.2) is 6.07 Å². The van der Waals surface area contributed by atoms with Gasteiger partial charge in [0.2, 0.25) is 5.28 Å². The maximum atomic E-state index is 11.9. The van der Waals surface area contributed by atoms with E-state index in [1.807, 2.05) is 6.92 Å². The maximum Gasteiger partial charge on any atom is 0.270 e. The smallest absolute Gasteiger partial charge is 0.270 e. The van der Waals surface area contributed by atoms with Crippen molar-refractivity contribution in [2.75, 3.05) is 0 Å². The predicted molar refractivity (Wildman–Crippen MR) is 66.3 cm³/mol. The van der Waals surface area contributed by atoms with E-state index in [-0.39, 0.29) is 27.6 Å². The highest BCUT2D eigenvalue weighted by atomic mass is 35.5. The molecule has 1 heterocycles. The molecule has 1 saturated carbocycles. The first-order valence-corrected chi connectivity index (χ1v) is 6.16. The molecule has 0 spiro atoms. The van der Waals surface area contributed by atoms with Gasteiger partial charge in [0.1, 0.15) is 10.8 Å². The van der Waals surface area contributed by atoms with Crippen LogP contribution >= 0.6 is 23.2 Å². The van der Waals surface area contributed by atoms with Gasteiger partial charge in [-0.15, -0.1) is 0 Å². The Morgan fingerprint density at radius 1 is 1.47 bits per heavy atom. The van der Waals surface area contributed by atoms with Gasteiger partial charge in [-0.25, -0.2) is 9.97 Å². The topological polar surface area (TPSA) is 54.9 Å². The number of hydrogen-bond acceptors (Lipinski definition) is 3. The van der Waals surface area contributed by atoms with E-state index in [2.05, 4.69) is 22.2 Å². The van der Waals surface area contributed by atoms with Crippen LogP contribution in [-0.4, -0.2) is 21.4 Å². The molecular formula is C11H13Cl2N3O. The molecule has 0 radical (unpaired) electrons. The van der Waals surface area contributed by atoms with Crippen molar-refractivity contribution in [3.8, 4) is 0 Å². The average Bonchev–Trinajstić information content (AvgIpc) is 2.13.